The van der Waals surface area contributed by atoms with Gasteiger partial charge in [-0.25, -0.2) is 0 Å². The van der Waals surface area contributed by atoms with E-state index in [1.165, 1.54) is 11.1 Å². The molecule has 0 aromatic carbocycles. The van der Waals surface area contributed by atoms with E-state index in [0.717, 1.165) is 31.3 Å². The molecule has 0 saturated heterocycles. The number of rotatable bonds is 1. The van der Waals surface area contributed by atoms with Gasteiger partial charge >= 0.3 is 0 Å². The molecule has 4 aliphatic carbocycles. The third-order valence-electron chi connectivity index (χ3n) is 7.51. The highest BCUT2D eigenvalue weighted by atomic mass is 16.3. The van der Waals surface area contributed by atoms with Crippen LogP contribution < -0.4 is 0 Å². The predicted octanol–water partition coefficient (Wildman–Crippen LogP) is 4.26. The van der Waals surface area contributed by atoms with E-state index in [1.807, 2.05) is 6.08 Å². The van der Waals surface area contributed by atoms with Crippen molar-refractivity contribution in [2.24, 2.45) is 28.6 Å². The molecule has 3 nitrogen and oxygen atoms in total. The second-order valence-electron chi connectivity index (χ2n) is 8.80. The quantitative estimate of drug-likeness (QED) is 0.554. The topological polar surface area (TPSA) is 57.5 Å². The number of allylic oxidation sites excluding steroid dienone is 7. The molecule has 5 atom stereocenters. The Morgan fingerprint density at radius 2 is 2.12 bits per heavy atom. The van der Waals surface area contributed by atoms with Crippen LogP contribution in [0.2, 0.25) is 0 Å². The summed E-state index contributed by atoms with van der Waals surface area (Å²) in [5, 5.41) is 19.8. The Balaban J connectivity index is 1.79. The molecule has 2 saturated carbocycles. The summed E-state index contributed by atoms with van der Waals surface area (Å²) in [6.07, 6.45) is 12.1. The van der Waals surface area contributed by atoms with Crippen LogP contribution in [0.5, 0.6) is 0 Å². The first kappa shape index (κ1) is 16.8. The van der Waals surface area contributed by atoms with Crippen LogP contribution in [0.4, 0.5) is 0 Å². The SMILES string of the molecule is C[C@H]1C[C@H]2[C@@H]3CCC4=CC(=O)C=C[C@]4(C)C3=CC[C@]2(C)C1=C(O)CO. The highest BCUT2D eigenvalue weighted by molar-refractivity contribution is 6.01. The number of fused-ring (bicyclic) bond motifs is 5. The van der Waals surface area contributed by atoms with Gasteiger partial charge < -0.3 is 10.2 Å². The minimum atomic E-state index is -0.265. The van der Waals surface area contributed by atoms with Crippen LogP contribution in [0.15, 0.2) is 46.8 Å². The molecule has 0 aliphatic heterocycles. The fourth-order valence-corrected chi connectivity index (χ4v) is 6.38. The Morgan fingerprint density at radius 1 is 1.36 bits per heavy atom. The van der Waals surface area contributed by atoms with E-state index in [1.54, 1.807) is 6.08 Å². The smallest absolute Gasteiger partial charge is 0.178 e. The van der Waals surface area contributed by atoms with E-state index >= 15 is 0 Å². The number of ketones is 1. The summed E-state index contributed by atoms with van der Waals surface area (Å²) in [6, 6.07) is 0. The van der Waals surface area contributed by atoms with Crippen LogP contribution in [0.25, 0.3) is 0 Å². The van der Waals surface area contributed by atoms with Crippen molar-refractivity contribution in [2.75, 3.05) is 6.61 Å². The molecular weight excluding hydrogens is 312 g/mol. The van der Waals surface area contributed by atoms with Gasteiger partial charge in [-0.05, 0) is 73.5 Å². The van der Waals surface area contributed by atoms with Crippen LogP contribution in [-0.4, -0.2) is 22.6 Å². The van der Waals surface area contributed by atoms with Gasteiger partial charge in [0.15, 0.2) is 5.78 Å². The molecule has 25 heavy (non-hydrogen) atoms. The van der Waals surface area contributed by atoms with E-state index in [2.05, 4.69) is 32.9 Å². The fourth-order valence-electron chi connectivity index (χ4n) is 6.38. The van der Waals surface area contributed by atoms with Crippen molar-refractivity contribution in [3.63, 3.8) is 0 Å². The number of aliphatic hydroxyl groups excluding tert-OH is 2. The van der Waals surface area contributed by atoms with Gasteiger partial charge in [0.2, 0.25) is 0 Å². The van der Waals surface area contributed by atoms with Crippen LogP contribution in [0, 0.1) is 28.6 Å². The number of carbonyl (C=O) groups excluding carboxylic acids is 1. The lowest BCUT2D eigenvalue weighted by Crippen LogP contribution is -2.42. The van der Waals surface area contributed by atoms with Crippen LogP contribution in [0.1, 0.15) is 46.5 Å². The van der Waals surface area contributed by atoms with Crippen LogP contribution >= 0.6 is 0 Å². The van der Waals surface area contributed by atoms with Gasteiger partial charge in [0.05, 0.1) is 0 Å². The largest absolute Gasteiger partial charge is 0.510 e. The van der Waals surface area contributed by atoms with E-state index in [-0.39, 0.29) is 29.0 Å². The maximum absolute atomic E-state index is 11.8. The molecule has 4 rings (SSSR count). The average molecular weight is 340 g/mol. The molecule has 0 bridgehead atoms. The maximum Gasteiger partial charge on any atom is 0.178 e. The van der Waals surface area contributed by atoms with Gasteiger partial charge in [-0.15, -0.1) is 0 Å². The van der Waals surface area contributed by atoms with Crippen molar-refractivity contribution in [3.05, 3.63) is 46.8 Å². The summed E-state index contributed by atoms with van der Waals surface area (Å²) in [7, 11) is 0. The lowest BCUT2D eigenvalue weighted by Gasteiger charge is -2.51. The van der Waals surface area contributed by atoms with Gasteiger partial charge in [0.25, 0.3) is 0 Å². The molecule has 3 heteroatoms. The molecule has 0 spiro atoms. The zero-order chi connectivity index (χ0) is 18.0. The molecule has 0 unspecified atom stereocenters. The van der Waals surface area contributed by atoms with Crippen molar-refractivity contribution >= 4 is 5.78 Å². The van der Waals surface area contributed by atoms with Gasteiger partial charge in [-0.2, -0.15) is 0 Å². The minimum Gasteiger partial charge on any atom is -0.510 e. The molecule has 2 fully saturated rings. The number of aliphatic hydroxyl groups is 2. The first-order valence-corrected chi connectivity index (χ1v) is 9.49. The average Bonchev–Trinajstić information content (AvgIpc) is 2.85. The summed E-state index contributed by atoms with van der Waals surface area (Å²) in [5.41, 5.74) is 3.61. The number of hydrogen-bond donors (Lipinski definition) is 2. The van der Waals surface area contributed by atoms with Crippen molar-refractivity contribution in [2.45, 2.75) is 46.5 Å². The van der Waals surface area contributed by atoms with Gasteiger partial charge in [0.1, 0.15) is 12.4 Å². The van der Waals surface area contributed by atoms with Crippen molar-refractivity contribution in [1.29, 1.82) is 0 Å². The molecule has 0 aromatic rings. The molecule has 0 amide bonds. The Labute approximate surface area is 149 Å². The molecule has 0 radical (unpaired) electrons. The summed E-state index contributed by atoms with van der Waals surface area (Å²) in [5.74, 6) is 1.59. The normalized spacial score (nSPS) is 44.5. The Bertz CT molecular complexity index is 753. The summed E-state index contributed by atoms with van der Waals surface area (Å²) in [4.78, 5) is 11.8. The predicted molar refractivity (Wildman–Crippen MR) is 97.9 cm³/mol. The Morgan fingerprint density at radius 3 is 2.84 bits per heavy atom. The number of hydrogen-bond acceptors (Lipinski definition) is 3. The highest BCUT2D eigenvalue weighted by Crippen LogP contribution is 2.65. The third-order valence-corrected chi connectivity index (χ3v) is 7.51. The summed E-state index contributed by atoms with van der Waals surface area (Å²) in [6.45, 7) is 6.44. The molecular formula is C22H28O3. The minimum absolute atomic E-state index is 0.0633. The van der Waals surface area contributed by atoms with E-state index in [9.17, 15) is 15.0 Å². The first-order chi connectivity index (χ1) is 11.8. The fraction of sp³-hybridized carbons (Fsp3) is 0.591. The maximum atomic E-state index is 11.8. The lowest BCUT2D eigenvalue weighted by atomic mass is 9.53. The standard InChI is InChI=1S/C22H28O3/c1-13-10-18-16-5-4-14-11-15(24)6-8-21(14,2)17(16)7-9-22(18,3)20(13)19(25)12-23/h6-8,11,13,16,18,23,25H,4-5,9-10,12H2,1-3H3/t13-,16+,18-,21-,22-/m0/s1. The Hall–Kier alpha value is -1.61. The number of carbonyl (C=O) groups is 1. The lowest BCUT2D eigenvalue weighted by molar-refractivity contribution is -0.110. The van der Waals surface area contributed by atoms with Crippen molar-refractivity contribution in [1.82, 2.24) is 0 Å². The van der Waals surface area contributed by atoms with E-state index in [4.69, 9.17) is 0 Å². The zero-order valence-corrected chi connectivity index (χ0v) is 15.4. The van der Waals surface area contributed by atoms with Gasteiger partial charge in [-0.1, -0.05) is 37.1 Å². The molecule has 0 aromatic heterocycles. The second kappa shape index (κ2) is 5.44. The summed E-state index contributed by atoms with van der Waals surface area (Å²) < 4.78 is 0. The molecule has 0 heterocycles. The Kier molecular flexibility index (Phi) is 3.66. The molecule has 4 aliphatic rings. The van der Waals surface area contributed by atoms with E-state index in [0.29, 0.717) is 17.8 Å². The third kappa shape index (κ3) is 2.18. The van der Waals surface area contributed by atoms with Gasteiger partial charge in [0, 0.05) is 5.41 Å². The highest BCUT2D eigenvalue weighted by Gasteiger charge is 2.56. The first-order valence-electron chi connectivity index (χ1n) is 9.49. The summed E-state index contributed by atoms with van der Waals surface area (Å²) >= 11 is 0. The zero-order valence-electron chi connectivity index (χ0n) is 15.4. The van der Waals surface area contributed by atoms with Gasteiger partial charge in [-0.3, -0.25) is 4.79 Å². The second-order valence-corrected chi connectivity index (χ2v) is 8.80. The van der Waals surface area contributed by atoms with Crippen molar-refractivity contribution in [3.8, 4) is 0 Å². The monoisotopic (exact) mass is 340 g/mol. The van der Waals surface area contributed by atoms with Crippen molar-refractivity contribution < 1.29 is 15.0 Å². The molecule has 2 N–H and O–H groups in total. The molecule has 134 valence electrons. The van der Waals surface area contributed by atoms with Crippen LogP contribution in [-0.2, 0) is 4.79 Å². The van der Waals surface area contributed by atoms with Crippen LogP contribution in [0.3, 0.4) is 0 Å². The van der Waals surface area contributed by atoms with E-state index < -0.39 is 0 Å².